The van der Waals surface area contributed by atoms with Crippen molar-refractivity contribution in [3.63, 3.8) is 0 Å². The van der Waals surface area contributed by atoms with Gasteiger partial charge in [-0.3, -0.25) is 9.97 Å². The van der Waals surface area contributed by atoms with E-state index < -0.39 is 0 Å². The van der Waals surface area contributed by atoms with Crippen molar-refractivity contribution in [2.45, 2.75) is 0 Å². The van der Waals surface area contributed by atoms with Crippen molar-refractivity contribution in [3.05, 3.63) is 113 Å². The molecule has 5 rings (SSSR count). The van der Waals surface area contributed by atoms with Crippen LogP contribution in [-0.4, -0.2) is 9.97 Å². The predicted octanol–water partition coefficient (Wildman–Crippen LogP) is 7.39. The summed E-state index contributed by atoms with van der Waals surface area (Å²) in [7, 11) is 0. The van der Waals surface area contributed by atoms with Crippen LogP contribution < -0.4 is 0 Å². The molecule has 0 spiro atoms. The first kappa shape index (κ1) is 18.2. The minimum absolute atomic E-state index is 0.944. The summed E-state index contributed by atoms with van der Waals surface area (Å²) in [5, 5.41) is 1.26. The molecule has 0 bridgehead atoms. The van der Waals surface area contributed by atoms with E-state index in [9.17, 15) is 0 Å². The van der Waals surface area contributed by atoms with Gasteiger partial charge in [0.1, 0.15) is 0 Å². The van der Waals surface area contributed by atoms with Crippen molar-refractivity contribution in [3.8, 4) is 21.8 Å². The molecule has 2 aromatic carbocycles. The fourth-order valence-electron chi connectivity index (χ4n) is 3.30. The Balaban J connectivity index is 1.44. The fraction of sp³-hybridized carbons (Fsp3) is 0. The van der Waals surface area contributed by atoms with Crippen molar-refractivity contribution in [1.29, 1.82) is 0 Å². The summed E-state index contributed by atoms with van der Waals surface area (Å²) in [6.45, 7) is 0. The second-order valence-corrected chi connectivity index (χ2v) is 8.72. The number of nitrogens with zero attached hydrogens (tertiary/aromatic N) is 2. The Hall–Kier alpha value is -2.82. The van der Waals surface area contributed by atoms with Gasteiger partial charge in [-0.25, -0.2) is 0 Å². The minimum Gasteiger partial charge on any atom is -0.256 e. The maximum absolute atomic E-state index is 4.88. The fourth-order valence-corrected chi connectivity index (χ4v) is 4.67. The number of hydrogen-bond acceptors (Lipinski definition) is 3. The normalized spacial score (nSPS) is 11.1. The van der Waals surface area contributed by atoms with Gasteiger partial charge in [0.25, 0.3) is 0 Å². The van der Waals surface area contributed by atoms with Crippen LogP contribution in [0.5, 0.6) is 0 Å². The second-order valence-electron chi connectivity index (χ2n) is 6.73. The number of thiophene rings is 1. The molecule has 3 aromatic heterocycles. The van der Waals surface area contributed by atoms with Gasteiger partial charge in [0.2, 0.25) is 0 Å². The number of fused-ring (bicyclic) bond motifs is 1. The molecular formula is C25H16BrN2S. The molecule has 0 fully saturated rings. The van der Waals surface area contributed by atoms with E-state index in [1.54, 1.807) is 11.3 Å². The summed E-state index contributed by atoms with van der Waals surface area (Å²) in [5.74, 6) is 0. The highest BCUT2D eigenvalue weighted by molar-refractivity contribution is 9.10. The summed E-state index contributed by atoms with van der Waals surface area (Å²) in [4.78, 5) is 10.5. The summed E-state index contributed by atoms with van der Waals surface area (Å²) in [6.07, 6.45) is 3.92. The van der Waals surface area contributed by atoms with Crippen molar-refractivity contribution in [2.75, 3.05) is 0 Å². The Morgan fingerprint density at radius 2 is 1.69 bits per heavy atom. The zero-order valence-electron chi connectivity index (χ0n) is 15.4. The number of pyridine rings is 2. The monoisotopic (exact) mass is 455 g/mol. The molecule has 0 aliphatic rings. The number of aromatic nitrogens is 2. The van der Waals surface area contributed by atoms with Crippen LogP contribution in [0.1, 0.15) is 11.3 Å². The van der Waals surface area contributed by atoms with Gasteiger partial charge in [-0.1, -0.05) is 58.4 Å². The molecule has 0 amide bonds. The standard InChI is InChI=1S/C25H16BrN2S/c26-20-11-12-27-23(16-20)18-7-3-5-17(13-18)14-21-8-4-9-22(28-21)25-15-19-6-1-2-10-24(19)29-25/h1-16H. The van der Waals surface area contributed by atoms with Gasteiger partial charge in [-0.05, 0) is 53.4 Å². The Kier molecular flexibility index (Phi) is 4.96. The van der Waals surface area contributed by atoms with Crippen molar-refractivity contribution < 1.29 is 0 Å². The van der Waals surface area contributed by atoms with Crippen LogP contribution in [-0.2, 0) is 0 Å². The van der Waals surface area contributed by atoms with E-state index in [0.29, 0.717) is 0 Å². The van der Waals surface area contributed by atoms with E-state index in [1.165, 1.54) is 15.0 Å². The first-order valence-corrected chi connectivity index (χ1v) is 10.9. The first-order chi connectivity index (χ1) is 14.2. The van der Waals surface area contributed by atoms with Crippen LogP contribution in [0, 0.1) is 6.42 Å². The number of halogens is 1. The number of hydrogen-bond donors (Lipinski definition) is 0. The van der Waals surface area contributed by atoms with Crippen LogP contribution >= 0.6 is 27.3 Å². The van der Waals surface area contributed by atoms with Crippen LogP contribution in [0.3, 0.4) is 0 Å². The molecule has 3 heterocycles. The van der Waals surface area contributed by atoms with Gasteiger partial charge in [-0.15, -0.1) is 11.3 Å². The molecule has 0 atom stereocenters. The molecule has 0 N–H and O–H groups in total. The predicted molar refractivity (Wildman–Crippen MR) is 125 cm³/mol. The quantitative estimate of drug-likeness (QED) is 0.282. The van der Waals surface area contributed by atoms with E-state index >= 15 is 0 Å². The minimum atomic E-state index is 0.944. The molecule has 29 heavy (non-hydrogen) atoms. The van der Waals surface area contributed by atoms with E-state index in [1.807, 2.05) is 24.4 Å². The maximum atomic E-state index is 4.88. The zero-order chi connectivity index (χ0) is 19.6. The van der Waals surface area contributed by atoms with Crippen molar-refractivity contribution in [2.24, 2.45) is 0 Å². The van der Waals surface area contributed by atoms with Gasteiger partial charge < -0.3 is 0 Å². The second kappa shape index (κ2) is 7.90. The summed E-state index contributed by atoms with van der Waals surface area (Å²) in [5.41, 5.74) is 5.08. The smallest absolute Gasteiger partial charge is 0.0805 e. The summed E-state index contributed by atoms with van der Waals surface area (Å²) < 4.78 is 2.31. The Labute approximate surface area is 182 Å². The Morgan fingerprint density at radius 3 is 2.59 bits per heavy atom. The Bertz CT molecular complexity index is 1280. The number of rotatable bonds is 4. The van der Waals surface area contributed by atoms with Gasteiger partial charge in [0, 0.05) is 33.0 Å². The molecule has 4 heteroatoms. The molecule has 0 unspecified atom stereocenters. The average Bonchev–Trinajstić information content (AvgIpc) is 3.19. The molecule has 0 aliphatic carbocycles. The lowest BCUT2D eigenvalue weighted by Gasteiger charge is -2.06. The zero-order valence-corrected chi connectivity index (χ0v) is 17.8. The van der Waals surface area contributed by atoms with Gasteiger partial charge >= 0.3 is 0 Å². The highest BCUT2D eigenvalue weighted by Gasteiger charge is 2.08. The molecule has 1 radical (unpaired) electrons. The first-order valence-electron chi connectivity index (χ1n) is 9.27. The van der Waals surface area contributed by atoms with Crippen molar-refractivity contribution in [1.82, 2.24) is 9.97 Å². The van der Waals surface area contributed by atoms with E-state index in [2.05, 4.69) is 94.1 Å². The highest BCUT2D eigenvalue weighted by atomic mass is 79.9. The third kappa shape index (κ3) is 4.00. The average molecular weight is 456 g/mol. The maximum Gasteiger partial charge on any atom is 0.0805 e. The van der Waals surface area contributed by atoms with E-state index in [4.69, 9.17) is 4.98 Å². The van der Waals surface area contributed by atoms with Gasteiger partial charge in [0.15, 0.2) is 0 Å². The third-order valence-corrected chi connectivity index (χ3v) is 6.30. The molecule has 2 nitrogen and oxygen atoms in total. The summed E-state index contributed by atoms with van der Waals surface area (Å²) >= 11 is 5.29. The van der Waals surface area contributed by atoms with Crippen LogP contribution in [0.15, 0.2) is 95.6 Å². The van der Waals surface area contributed by atoms with E-state index in [-0.39, 0.29) is 0 Å². The Morgan fingerprint density at radius 1 is 0.793 bits per heavy atom. The lowest BCUT2D eigenvalue weighted by atomic mass is 10.0. The molecule has 0 saturated heterocycles. The largest absolute Gasteiger partial charge is 0.256 e. The van der Waals surface area contributed by atoms with E-state index in [0.717, 1.165) is 32.7 Å². The van der Waals surface area contributed by atoms with Crippen LogP contribution in [0.2, 0.25) is 0 Å². The van der Waals surface area contributed by atoms with Gasteiger partial charge in [0.05, 0.1) is 16.3 Å². The highest BCUT2D eigenvalue weighted by Crippen LogP contribution is 2.32. The lowest BCUT2D eigenvalue weighted by molar-refractivity contribution is 1.22. The van der Waals surface area contributed by atoms with Gasteiger partial charge in [-0.2, -0.15) is 0 Å². The molecule has 139 valence electrons. The molecule has 5 aromatic rings. The molecule has 0 saturated carbocycles. The summed E-state index contributed by atoms with van der Waals surface area (Å²) in [6, 6.07) is 29.2. The van der Waals surface area contributed by atoms with Crippen molar-refractivity contribution >= 4 is 37.4 Å². The third-order valence-electron chi connectivity index (χ3n) is 4.67. The van der Waals surface area contributed by atoms with Crippen LogP contribution in [0.4, 0.5) is 0 Å². The molecule has 0 aliphatic heterocycles. The van der Waals surface area contributed by atoms with Crippen LogP contribution in [0.25, 0.3) is 31.9 Å². The number of benzene rings is 2. The SMILES string of the molecule is Brc1ccnc(-c2cccc([CH]c3cccc(-c4cc5ccccc5s4)n3)c2)c1. The molecular weight excluding hydrogens is 440 g/mol. The topological polar surface area (TPSA) is 25.8 Å². The lowest BCUT2D eigenvalue weighted by Crippen LogP contribution is -1.92.